The third kappa shape index (κ3) is 4.27. The number of aromatic nitrogens is 3. The molecule has 1 N–H and O–H groups in total. The van der Waals surface area contributed by atoms with Gasteiger partial charge in [-0.05, 0) is 32.2 Å². The molecule has 22 heavy (non-hydrogen) atoms. The fourth-order valence-electron chi connectivity index (χ4n) is 3.32. The van der Waals surface area contributed by atoms with Crippen LogP contribution in [0.25, 0.3) is 0 Å². The van der Waals surface area contributed by atoms with Gasteiger partial charge < -0.3 is 10.1 Å². The van der Waals surface area contributed by atoms with Gasteiger partial charge in [0, 0.05) is 25.3 Å². The number of likely N-dealkylation sites (tertiary alicyclic amines) is 1. The fraction of sp³-hybridized carbons (Fsp3) is 0.800. The molecule has 7 nitrogen and oxygen atoms in total. The van der Waals surface area contributed by atoms with Crippen molar-refractivity contribution in [2.45, 2.75) is 50.7 Å². The minimum atomic E-state index is 0.136. The van der Waals surface area contributed by atoms with Crippen LogP contribution >= 0.6 is 0 Å². The van der Waals surface area contributed by atoms with Gasteiger partial charge in [0.25, 0.3) is 0 Å². The summed E-state index contributed by atoms with van der Waals surface area (Å²) in [7, 11) is 0. The third-order valence-corrected chi connectivity index (χ3v) is 4.55. The summed E-state index contributed by atoms with van der Waals surface area (Å²) in [6.07, 6.45) is 8.66. The van der Waals surface area contributed by atoms with Crippen LogP contribution in [0, 0.1) is 0 Å². The molecule has 3 rings (SSSR count). The lowest BCUT2D eigenvalue weighted by atomic mass is 10.0. The normalized spacial score (nSPS) is 24.3. The zero-order chi connectivity index (χ0) is 15.2. The predicted molar refractivity (Wildman–Crippen MR) is 81.2 cm³/mol. The predicted octanol–water partition coefficient (Wildman–Crippen LogP) is 0.428. The van der Waals surface area contributed by atoms with Crippen LogP contribution < -0.4 is 5.32 Å². The molecule has 1 aromatic rings. The van der Waals surface area contributed by atoms with Gasteiger partial charge in [0.15, 0.2) is 0 Å². The van der Waals surface area contributed by atoms with Crippen LogP contribution in [-0.4, -0.2) is 64.0 Å². The lowest BCUT2D eigenvalue weighted by Gasteiger charge is -2.35. The molecule has 0 bridgehead atoms. The molecule has 2 aliphatic rings. The van der Waals surface area contributed by atoms with Crippen LogP contribution in [0.15, 0.2) is 12.7 Å². The molecule has 0 radical (unpaired) electrons. The van der Waals surface area contributed by atoms with Crippen molar-refractivity contribution in [3.63, 3.8) is 0 Å². The summed E-state index contributed by atoms with van der Waals surface area (Å²) < 4.78 is 7.19. The number of hydrogen-bond acceptors (Lipinski definition) is 5. The van der Waals surface area contributed by atoms with Gasteiger partial charge in [0.1, 0.15) is 12.7 Å². The second-order valence-electron chi connectivity index (χ2n) is 6.19. The Morgan fingerprint density at radius 1 is 1.27 bits per heavy atom. The molecule has 0 unspecified atom stereocenters. The lowest BCUT2D eigenvalue weighted by Crippen LogP contribution is -2.49. The number of rotatable bonds is 5. The summed E-state index contributed by atoms with van der Waals surface area (Å²) in [6, 6.07) is 0.649. The largest absolute Gasteiger partial charge is 0.381 e. The van der Waals surface area contributed by atoms with Gasteiger partial charge in [-0.1, -0.05) is 6.42 Å². The summed E-state index contributed by atoms with van der Waals surface area (Å²) in [4.78, 5) is 18.6. The number of carbonyl (C=O) groups is 1. The first-order chi connectivity index (χ1) is 10.8. The maximum atomic E-state index is 12.3. The maximum absolute atomic E-state index is 12.3. The third-order valence-electron chi connectivity index (χ3n) is 4.55. The van der Waals surface area contributed by atoms with Crippen LogP contribution in [0.4, 0.5) is 0 Å². The van der Waals surface area contributed by atoms with Crippen molar-refractivity contribution in [3.8, 4) is 0 Å². The molecule has 0 aromatic carbocycles. The first-order valence-corrected chi connectivity index (χ1v) is 8.25. The number of ether oxygens (including phenoxy) is 1. The highest BCUT2D eigenvalue weighted by Crippen LogP contribution is 2.18. The molecular formula is C15H25N5O2. The summed E-state index contributed by atoms with van der Waals surface area (Å²) in [5.41, 5.74) is 0. The van der Waals surface area contributed by atoms with Crippen molar-refractivity contribution < 1.29 is 9.53 Å². The number of nitrogens with zero attached hydrogens (tertiary/aromatic N) is 4. The molecule has 2 saturated heterocycles. The Hall–Kier alpha value is -1.47. The average molecular weight is 307 g/mol. The molecule has 0 saturated carbocycles. The van der Waals surface area contributed by atoms with E-state index in [9.17, 15) is 4.79 Å². The highest BCUT2D eigenvalue weighted by molar-refractivity contribution is 5.78. The van der Waals surface area contributed by atoms with Gasteiger partial charge in [-0.25, -0.2) is 4.98 Å². The first-order valence-electron chi connectivity index (χ1n) is 8.25. The van der Waals surface area contributed by atoms with Crippen LogP contribution in [0.3, 0.4) is 0 Å². The van der Waals surface area contributed by atoms with E-state index in [1.54, 1.807) is 12.7 Å². The van der Waals surface area contributed by atoms with E-state index in [-0.39, 0.29) is 11.9 Å². The standard InChI is InChI=1S/C15H25N5O2/c21-15(18-13-4-7-22-8-5-13)10-19-6-2-1-3-14(19)9-20-12-16-11-17-20/h11-14H,1-10H2,(H,18,21)/t14-/m0/s1. The van der Waals surface area contributed by atoms with Gasteiger partial charge in [0.2, 0.25) is 5.91 Å². The first kappa shape index (κ1) is 15.4. The van der Waals surface area contributed by atoms with Crippen molar-refractivity contribution in [2.24, 2.45) is 0 Å². The van der Waals surface area contributed by atoms with Crippen LogP contribution in [0.2, 0.25) is 0 Å². The number of hydrogen-bond donors (Lipinski definition) is 1. The number of carbonyl (C=O) groups excluding carboxylic acids is 1. The molecule has 1 atom stereocenters. The molecule has 2 aliphatic heterocycles. The Morgan fingerprint density at radius 2 is 2.14 bits per heavy atom. The Morgan fingerprint density at radius 3 is 2.91 bits per heavy atom. The molecular weight excluding hydrogens is 282 g/mol. The number of nitrogens with one attached hydrogen (secondary N) is 1. The van der Waals surface area contributed by atoms with Gasteiger partial charge >= 0.3 is 0 Å². The Balaban J connectivity index is 1.50. The summed E-state index contributed by atoms with van der Waals surface area (Å²) >= 11 is 0. The van der Waals surface area contributed by atoms with E-state index < -0.39 is 0 Å². The van der Waals surface area contributed by atoms with Crippen LogP contribution in [0.1, 0.15) is 32.1 Å². The molecule has 0 spiro atoms. The topological polar surface area (TPSA) is 72.3 Å². The van der Waals surface area contributed by atoms with Gasteiger partial charge in [-0.3, -0.25) is 14.4 Å². The molecule has 2 fully saturated rings. The molecule has 3 heterocycles. The van der Waals surface area contributed by atoms with Crippen molar-refractivity contribution >= 4 is 5.91 Å². The number of piperidine rings is 1. The smallest absolute Gasteiger partial charge is 0.234 e. The van der Waals surface area contributed by atoms with Gasteiger partial charge in [0.05, 0.1) is 13.1 Å². The SMILES string of the molecule is O=C(CN1CCCC[C@H]1Cn1cncn1)NC1CCOCC1. The minimum Gasteiger partial charge on any atom is -0.381 e. The maximum Gasteiger partial charge on any atom is 0.234 e. The summed E-state index contributed by atoms with van der Waals surface area (Å²) in [5, 5.41) is 7.33. The molecule has 1 amide bonds. The highest BCUT2D eigenvalue weighted by Gasteiger charge is 2.26. The monoisotopic (exact) mass is 307 g/mol. The van der Waals surface area contributed by atoms with E-state index in [2.05, 4.69) is 20.3 Å². The van der Waals surface area contributed by atoms with E-state index in [4.69, 9.17) is 4.74 Å². The molecule has 1 aromatic heterocycles. The second kappa shape index (κ2) is 7.69. The van der Waals surface area contributed by atoms with E-state index >= 15 is 0 Å². The minimum absolute atomic E-state index is 0.136. The Labute approximate surface area is 131 Å². The zero-order valence-electron chi connectivity index (χ0n) is 13.0. The quantitative estimate of drug-likeness (QED) is 0.854. The van der Waals surface area contributed by atoms with Crippen LogP contribution in [0.5, 0.6) is 0 Å². The van der Waals surface area contributed by atoms with Crippen molar-refractivity contribution in [3.05, 3.63) is 12.7 Å². The van der Waals surface area contributed by atoms with Crippen molar-refractivity contribution in [1.29, 1.82) is 0 Å². The Kier molecular flexibility index (Phi) is 5.39. The van der Waals surface area contributed by atoms with E-state index in [0.717, 1.165) is 45.6 Å². The van der Waals surface area contributed by atoms with E-state index in [1.165, 1.54) is 12.8 Å². The second-order valence-corrected chi connectivity index (χ2v) is 6.19. The van der Waals surface area contributed by atoms with E-state index in [0.29, 0.717) is 12.6 Å². The lowest BCUT2D eigenvalue weighted by molar-refractivity contribution is -0.124. The van der Waals surface area contributed by atoms with Crippen molar-refractivity contribution in [1.82, 2.24) is 25.0 Å². The average Bonchev–Trinajstić information content (AvgIpc) is 3.03. The van der Waals surface area contributed by atoms with Gasteiger partial charge in [-0.2, -0.15) is 5.10 Å². The fourth-order valence-corrected chi connectivity index (χ4v) is 3.32. The molecule has 122 valence electrons. The summed E-state index contributed by atoms with van der Waals surface area (Å²) in [5.74, 6) is 0.136. The zero-order valence-corrected chi connectivity index (χ0v) is 13.0. The molecule has 0 aliphatic carbocycles. The van der Waals surface area contributed by atoms with Crippen LogP contribution in [-0.2, 0) is 16.1 Å². The van der Waals surface area contributed by atoms with E-state index in [1.807, 2.05) is 4.68 Å². The van der Waals surface area contributed by atoms with Crippen molar-refractivity contribution in [2.75, 3.05) is 26.3 Å². The number of amides is 1. The van der Waals surface area contributed by atoms with Gasteiger partial charge in [-0.15, -0.1) is 0 Å². The Bertz CT molecular complexity index is 459. The highest BCUT2D eigenvalue weighted by atomic mass is 16.5. The molecule has 7 heteroatoms. The summed E-state index contributed by atoms with van der Waals surface area (Å²) in [6.45, 7) is 3.79.